The van der Waals surface area contributed by atoms with Crippen LogP contribution in [0.4, 0.5) is 0 Å². The summed E-state index contributed by atoms with van der Waals surface area (Å²) >= 11 is 0. The number of rotatable bonds is 20. The van der Waals surface area contributed by atoms with E-state index < -0.39 is 0 Å². The van der Waals surface area contributed by atoms with Crippen LogP contribution in [-0.2, 0) is 0 Å². The molecule has 26 heavy (non-hydrogen) atoms. The van der Waals surface area contributed by atoms with Crippen LogP contribution in [0.1, 0.15) is 157 Å². The second-order valence-corrected chi connectivity index (χ2v) is 9.16. The summed E-state index contributed by atoms with van der Waals surface area (Å²) in [7, 11) is 0. The van der Waals surface area contributed by atoms with Crippen molar-refractivity contribution in [3.8, 4) is 0 Å². The Hall–Kier alpha value is 0. The fourth-order valence-electron chi connectivity index (χ4n) is 4.79. The van der Waals surface area contributed by atoms with Crippen LogP contribution in [-0.4, -0.2) is 0 Å². The molecule has 0 fully saturated rings. The Bertz CT molecular complexity index is 231. The average Bonchev–Trinajstić information content (AvgIpc) is 2.66. The van der Waals surface area contributed by atoms with Crippen LogP contribution in [0.15, 0.2) is 0 Å². The summed E-state index contributed by atoms with van der Waals surface area (Å²) in [6, 6.07) is 0. The Morgan fingerprint density at radius 1 is 0.462 bits per heavy atom. The van der Waals surface area contributed by atoms with Gasteiger partial charge in [0.05, 0.1) is 0 Å². The molecule has 0 heterocycles. The van der Waals surface area contributed by atoms with Crippen LogP contribution in [0.25, 0.3) is 0 Å². The van der Waals surface area contributed by atoms with Gasteiger partial charge in [-0.1, -0.05) is 137 Å². The van der Waals surface area contributed by atoms with E-state index in [2.05, 4.69) is 34.6 Å². The zero-order chi connectivity index (χ0) is 19.5. The number of hydrogen-bond donors (Lipinski definition) is 0. The summed E-state index contributed by atoms with van der Waals surface area (Å²) in [4.78, 5) is 0. The molecule has 0 heteroatoms. The lowest BCUT2D eigenvalue weighted by atomic mass is 9.65. The molecular weight excluding hydrogens is 312 g/mol. The van der Waals surface area contributed by atoms with Gasteiger partial charge in [-0.3, -0.25) is 0 Å². The summed E-state index contributed by atoms with van der Waals surface area (Å²) in [6.45, 7) is 12.0. The third-order valence-corrected chi connectivity index (χ3v) is 6.99. The second kappa shape index (κ2) is 18.4. The molecule has 0 nitrogen and oxygen atoms in total. The summed E-state index contributed by atoms with van der Waals surface area (Å²) in [5.74, 6) is 0.908. The summed E-state index contributed by atoms with van der Waals surface area (Å²) in [5.41, 5.74) is 0.652. The molecule has 0 rings (SSSR count). The first-order valence-corrected chi connectivity index (χ1v) is 12.7. The van der Waals surface area contributed by atoms with Crippen LogP contribution < -0.4 is 0 Å². The molecule has 0 aromatic heterocycles. The molecule has 0 aliphatic rings. The molecule has 158 valence electrons. The molecule has 0 saturated carbocycles. The molecule has 0 aromatic rings. The summed E-state index contributed by atoms with van der Waals surface area (Å²) in [6.07, 6.45) is 27.5. The second-order valence-electron chi connectivity index (χ2n) is 9.16. The molecule has 0 N–H and O–H groups in total. The lowest BCUT2D eigenvalue weighted by Gasteiger charge is -2.40. The third kappa shape index (κ3) is 12.4. The van der Waals surface area contributed by atoms with Crippen LogP contribution in [0.5, 0.6) is 0 Å². The van der Waals surface area contributed by atoms with Gasteiger partial charge in [0.1, 0.15) is 0 Å². The van der Waals surface area contributed by atoms with Gasteiger partial charge in [-0.25, -0.2) is 0 Å². The molecule has 1 atom stereocenters. The molecule has 0 aromatic carbocycles. The minimum absolute atomic E-state index is 0.652. The van der Waals surface area contributed by atoms with E-state index in [-0.39, 0.29) is 0 Å². The van der Waals surface area contributed by atoms with E-state index in [1.165, 1.54) is 122 Å². The zero-order valence-corrected chi connectivity index (χ0v) is 19.5. The Morgan fingerprint density at radius 3 is 1.04 bits per heavy atom. The Labute approximate surface area is 168 Å². The van der Waals surface area contributed by atoms with E-state index in [4.69, 9.17) is 0 Å². The molecule has 0 aliphatic heterocycles. The zero-order valence-electron chi connectivity index (χ0n) is 19.5. The highest BCUT2D eigenvalue weighted by atomic mass is 14.4. The first-order valence-electron chi connectivity index (χ1n) is 12.7. The van der Waals surface area contributed by atoms with Crippen molar-refractivity contribution in [1.82, 2.24) is 0 Å². The quantitative estimate of drug-likeness (QED) is 0.188. The normalized spacial score (nSPS) is 13.3. The molecule has 0 bridgehead atoms. The van der Waals surface area contributed by atoms with Gasteiger partial charge < -0.3 is 0 Å². The highest BCUT2D eigenvalue weighted by Crippen LogP contribution is 2.45. The first kappa shape index (κ1) is 26.0. The molecule has 0 spiro atoms. The molecule has 0 saturated heterocycles. The monoisotopic (exact) mass is 366 g/mol. The predicted molar refractivity (Wildman–Crippen MR) is 122 cm³/mol. The van der Waals surface area contributed by atoms with Gasteiger partial charge in [0.15, 0.2) is 0 Å². The molecule has 1 unspecified atom stereocenters. The topological polar surface area (TPSA) is 0 Å². The molecule has 0 aliphatic carbocycles. The van der Waals surface area contributed by atoms with E-state index in [0.29, 0.717) is 5.41 Å². The van der Waals surface area contributed by atoms with E-state index in [0.717, 1.165) is 5.92 Å². The summed E-state index contributed by atoms with van der Waals surface area (Å²) in [5, 5.41) is 0. The van der Waals surface area contributed by atoms with E-state index >= 15 is 0 Å². The average molecular weight is 367 g/mol. The Balaban J connectivity index is 4.64. The maximum atomic E-state index is 2.57. The van der Waals surface area contributed by atoms with Crippen molar-refractivity contribution < 1.29 is 0 Å². The Kier molecular flexibility index (Phi) is 18.4. The maximum Gasteiger partial charge on any atom is -0.0272 e. The molecule has 0 radical (unpaired) electrons. The number of hydrogen-bond acceptors (Lipinski definition) is 0. The van der Waals surface area contributed by atoms with Crippen LogP contribution >= 0.6 is 0 Å². The lowest BCUT2D eigenvalue weighted by Crippen LogP contribution is -2.29. The van der Waals surface area contributed by atoms with Crippen molar-refractivity contribution in [1.29, 1.82) is 0 Å². The Morgan fingerprint density at radius 2 is 0.769 bits per heavy atom. The third-order valence-electron chi connectivity index (χ3n) is 6.99. The van der Waals surface area contributed by atoms with E-state index in [1.54, 1.807) is 0 Å². The van der Waals surface area contributed by atoms with Crippen LogP contribution in [0.3, 0.4) is 0 Å². The van der Waals surface area contributed by atoms with Crippen molar-refractivity contribution in [2.75, 3.05) is 0 Å². The maximum absolute atomic E-state index is 2.57. The highest BCUT2D eigenvalue weighted by Gasteiger charge is 2.33. The van der Waals surface area contributed by atoms with Gasteiger partial charge in [0.2, 0.25) is 0 Å². The summed E-state index contributed by atoms with van der Waals surface area (Å²) < 4.78 is 0. The minimum Gasteiger partial charge on any atom is -0.0654 e. The fourth-order valence-corrected chi connectivity index (χ4v) is 4.79. The van der Waals surface area contributed by atoms with Crippen molar-refractivity contribution >= 4 is 0 Å². The lowest BCUT2D eigenvalue weighted by molar-refractivity contribution is 0.108. The van der Waals surface area contributed by atoms with Crippen molar-refractivity contribution in [3.63, 3.8) is 0 Å². The van der Waals surface area contributed by atoms with Crippen molar-refractivity contribution in [2.24, 2.45) is 11.3 Å². The SMILES string of the molecule is CCCCCCCC(CCCCCCC)(CCCCCCC)C(C)CC. The van der Waals surface area contributed by atoms with Gasteiger partial charge in [-0.15, -0.1) is 0 Å². The standard InChI is InChI=1S/C26H54/c1-6-10-13-16-19-22-26(25(5)9-4,23-20-17-14-11-7-2)24-21-18-15-12-8-3/h25H,6-24H2,1-5H3. The van der Waals surface area contributed by atoms with Crippen LogP contribution in [0.2, 0.25) is 0 Å². The predicted octanol–water partition coefficient (Wildman–Crippen LogP) is 10.1. The van der Waals surface area contributed by atoms with Crippen molar-refractivity contribution in [2.45, 2.75) is 157 Å². The van der Waals surface area contributed by atoms with Gasteiger partial charge >= 0.3 is 0 Å². The van der Waals surface area contributed by atoms with Crippen LogP contribution in [0, 0.1) is 11.3 Å². The fraction of sp³-hybridized carbons (Fsp3) is 1.00. The minimum atomic E-state index is 0.652. The molecular formula is C26H54. The van der Waals surface area contributed by atoms with Gasteiger partial charge in [0, 0.05) is 0 Å². The van der Waals surface area contributed by atoms with Gasteiger partial charge in [0.25, 0.3) is 0 Å². The highest BCUT2D eigenvalue weighted by molar-refractivity contribution is 4.84. The largest absolute Gasteiger partial charge is 0.0654 e. The van der Waals surface area contributed by atoms with Gasteiger partial charge in [-0.05, 0) is 30.6 Å². The first-order chi connectivity index (χ1) is 12.7. The van der Waals surface area contributed by atoms with E-state index in [1.807, 2.05) is 0 Å². The van der Waals surface area contributed by atoms with Crippen molar-refractivity contribution in [3.05, 3.63) is 0 Å². The molecule has 0 amide bonds. The number of unbranched alkanes of at least 4 members (excludes halogenated alkanes) is 12. The van der Waals surface area contributed by atoms with E-state index in [9.17, 15) is 0 Å². The smallest absolute Gasteiger partial charge is 0.0272 e. The van der Waals surface area contributed by atoms with Gasteiger partial charge in [-0.2, -0.15) is 0 Å².